The molecule has 0 aliphatic rings. The summed E-state index contributed by atoms with van der Waals surface area (Å²) in [6, 6.07) is 21.8. The van der Waals surface area contributed by atoms with Gasteiger partial charge in [-0.2, -0.15) is 0 Å². The molecule has 0 fully saturated rings. The first-order valence-corrected chi connectivity index (χ1v) is 9.26. The number of fused-ring (bicyclic) bond motifs is 1. The van der Waals surface area contributed by atoms with Crippen LogP contribution in [0.5, 0.6) is 0 Å². The molecule has 1 heterocycles. The summed E-state index contributed by atoms with van der Waals surface area (Å²) < 4.78 is 1.16. The molecule has 4 heteroatoms. The van der Waals surface area contributed by atoms with Crippen LogP contribution in [0, 0.1) is 13.8 Å². The molecule has 3 aromatic carbocycles. The van der Waals surface area contributed by atoms with E-state index < -0.39 is 0 Å². The molecule has 1 aromatic heterocycles. The van der Waals surface area contributed by atoms with E-state index in [2.05, 4.69) is 17.4 Å². The summed E-state index contributed by atoms with van der Waals surface area (Å²) in [7, 11) is 0. The van der Waals surface area contributed by atoms with Crippen LogP contribution in [0.4, 0.5) is 5.69 Å². The SMILES string of the molecule is Cc1ccc(C(=O)Nc2cc(-c3nc4ccccc4s3)ccc2C)cc1. The molecule has 0 bridgehead atoms. The summed E-state index contributed by atoms with van der Waals surface area (Å²) in [6.45, 7) is 4.00. The Balaban J connectivity index is 1.65. The number of rotatable bonds is 3. The lowest BCUT2D eigenvalue weighted by Gasteiger charge is -2.10. The Morgan fingerprint density at radius 3 is 2.50 bits per heavy atom. The van der Waals surface area contributed by atoms with Crippen LogP contribution in [-0.2, 0) is 0 Å². The van der Waals surface area contributed by atoms with E-state index in [9.17, 15) is 4.79 Å². The van der Waals surface area contributed by atoms with Gasteiger partial charge in [0, 0.05) is 16.8 Å². The Hall–Kier alpha value is -2.98. The zero-order chi connectivity index (χ0) is 18.1. The number of nitrogens with one attached hydrogen (secondary N) is 1. The molecular formula is C22H18N2OS. The monoisotopic (exact) mass is 358 g/mol. The first kappa shape index (κ1) is 16.5. The first-order valence-electron chi connectivity index (χ1n) is 8.45. The van der Waals surface area contributed by atoms with E-state index in [1.165, 1.54) is 0 Å². The number of para-hydroxylation sites is 1. The Kier molecular flexibility index (Phi) is 4.27. The van der Waals surface area contributed by atoms with Gasteiger partial charge in [0.1, 0.15) is 5.01 Å². The number of nitrogens with zero attached hydrogens (tertiary/aromatic N) is 1. The number of hydrogen-bond donors (Lipinski definition) is 1. The smallest absolute Gasteiger partial charge is 0.255 e. The minimum absolute atomic E-state index is 0.102. The highest BCUT2D eigenvalue weighted by Crippen LogP contribution is 2.32. The summed E-state index contributed by atoms with van der Waals surface area (Å²) in [4.78, 5) is 17.2. The topological polar surface area (TPSA) is 42.0 Å². The highest BCUT2D eigenvalue weighted by atomic mass is 32.1. The molecule has 0 atom stereocenters. The predicted molar refractivity (Wildman–Crippen MR) is 109 cm³/mol. The van der Waals surface area contributed by atoms with E-state index in [0.717, 1.165) is 37.6 Å². The van der Waals surface area contributed by atoms with Crippen LogP contribution in [0.25, 0.3) is 20.8 Å². The lowest BCUT2D eigenvalue weighted by Crippen LogP contribution is -2.12. The number of amides is 1. The van der Waals surface area contributed by atoms with E-state index in [4.69, 9.17) is 4.98 Å². The number of benzene rings is 3. The van der Waals surface area contributed by atoms with E-state index in [-0.39, 0.29) is 5.91 Å². The number of carbonyl (C=O) groups is 1. The third kappa shape index (κ3) is 3.24. The van der Waals surface area contributed by atoms with Gasteiger partial charge in [-0.3, -0.25) is 4.79 Å². The van der Waals surface area contributed by atoms with Crippen molar-refractivity contribution in [2.45, 2.75) is 13.8 Å². The quantitative estimate of drug-likeness (QED) is 0.500. The second-order valence-electron chi connectivity index (χ2n) is 6.34. The molecule has 0 spiro atoms. The van der Waals surface area contributed by atoms with Gasteiger partial charge in [-0.25, -0.2) is 4.98 Å². The number of carbonyl (C=O) groups excluding carboxylic acids is 1. The minimum Gasteiger partial charge on any atom is -0.322 e. The normalized spacial score (nSPS) is 10.8. The van der Waals surface area contributed by atoms with Crippen LogP contribution >= 0.6 is 11.3 Å². The summed E-state index contributed by atoms with van der Waals surface area (Å²) in [5, 5.41) is 3.98. The number of thiazole rings is 1. The molecule has 4 rings (SSSR count). The molecule has 26 heavy (non-hydrogen) atoms. The fraction of sp³-hybridized carbons (Fsp3) is 0.0909. The summed E-state index contributed by atoms with van der Waals surface area (Å²) in [5.74, 6) is -0.102. The Morgan fingerprint density at radius 1 is 0.962 bits per heavy atom. The predicted octanol–water partition coefficient (Wildman–Crippen LogP) is 5.83. The Labute approximate surface area is 156 Å². The van der Waals surface area contributed by atoms with E-state index in [0.29, 0.717) is 5.56 Å². The summed E-state index contributed by atoms with van der Waals surface area (Å²) in [6.07, 6.45) is 0. The number of aromatic nitrogens is 1. The summed E-state index contributed by atoms with van der Waals surface area (Å²) >= 11 is 1.66. The van der Waals surface area contributed by atoms with Crippen LogP contribution in [0.3, 0.4) is 0 Å². The van der Waals surface area contributed by atoms with Crippen LogP contribution in [0.2, 0.25) is 0 Å². The van der Waals surface area contributed by atoms with Crippen LogP contribution in [0.15, 0.2) is 66.7 Å². The third-order valence-corrected chi connectivity index (χ3v) is 5.43. The Bertz CT molecular complexity index is 1060. The van der Waals surface area contributed by atoms with Crippen molar-refractivity contribution < 1.29 is 4.79 Å². The maximum atomic E-state index is 12.5. The van der Waals surface area contributed by atoms with Crippen molar-refractivity contribution in [3.8, 4) is 10.6 Å². The van der Waals surface area contributed by atoms with Crippen LogP contribution in [0.1, 0.15) is 21.5 Å². The van der Waals surface area contributed by atoms with E-state index >= 15 is 0 Å². The maximum absolute atomic E-state index is 12.5. The molecule has 0 saturated heterocycles. The van der Waals surface area contributed by atoms with Crippen molar-refractivity contribution >= 4 is 33.1 Å². The molecule has 0 aliphatic heterocycles. The highest BCUT2D eigenvalue weighted by molar-refractivity contribution is 7.21. The van der Waals surface area contributed by atoms with E-state index in [1.807, 2.05) is 68.4 Å². The van der Waals surface area contributed by atoms with Crippen molar-refractivity contribution in [1.29, 1.82) is 0 Å². The average Bonchev–Trinajstić information content (AvgIpc) is 3.08. The molecule has 0 unspecified atom stereocenters. The third-order valence-electron chi connectivity index (χ3n) is 4.34. The highest BCUT2D eigenvalue weighted by Gasteiger charge is 2.11. The van der Waals surface area contributed by atoms with Crippen LogP contribution < -0.4 is 5.32 Å². The molecular weight excluding hydrogens is 340 g/mol. The largest absolute Gasteiger partial charge is 0.322 e. The summed E-state index contributed by atoms with van der Waals surface area (Å²) in [5.41, 5.74) is 5.63. The molecule has 0 saturated carbocycles. The van der Waals surface area contributed by atoms with Gasteiger partial charge in [0.05, 0.1) is 10.2 Å². The second kappa shape index (κ2) is 6.73. The molecule has 128 valence electrons. The standard InChI is InChI=1S/C22H18N2OS/c1-14-7-10-16(11-8-14)21(25)23-19-13-17(12-9-15(19)2)22-24-18-5-3-4-6-20(18)26-22/h3-13H,1-2H3,(H,23,25). The van der Waals surface area contributed by atoms with Gasteiger partial charge in [0.25, 0.3) is 5.91 Å². The number of hydrogen-bond acceptors (Lipinski definition) is 3. The Morgan fingerprint density at radius 2 is 1.73 bits per heavy atom. The lowest BCUT2D eigenvalue weighted by atomic mass is 10.1. The minimum atomic E-state index is -0.102. The molecule has 0 radical (unpaired) electrons. The maximum Gasteiger partial charge on any atom is 0.255 e. The van der Waals surface area contributed by atoms with Gasteiger partial charge in [0.2, 0.25) is 0 Å². The molecule has 3 nitrogen and oxygen atoms in total. The lowest BCUT2D eigenvalue weighted by molar-refractivity contribution is 0.102. The van der Waals surface area contributed by atoms with Gasteiger partial charge < -0.3 is 5.32 Å². The average molecular weight is 358 g/mol. The van der Waals surface area contributed by atoms with Gasteiger partial charge in [-0.15, -0.1) is 11.3 Å². The van der Waals surface area contributed by atoms with Crippen molar-refractivity contribution in [2.75, 3.05) is 5.32 Å². The van der Waals surface area contributed by atoms with Gasteiger partial charge in [0.15, 0.2) is 0 Å². The van der Waals surface area contributed by atoms with Gasteiger partial charge in [-0.05, 0) is 49.7 Å². The van der Waals surface area contributed by atoms with Crippen molar-refractivity contribution in [2.24, 2.45) is 0 Å². The van der Waals surface area contributed by atoms with Crippen molar-refractivity contribution in [3.05, 3.63) is 83.4 Å². The van der Waals surface area contributed by atoms with Crippen molar-refractivity contribution in [3.63, 3.8) is 0 Å². The second-order valence-corrected chi connectivity index (χ2v) is 7.37. The zero-order valence-electron chi connectivity index (χ0n) is 14.6. The molecule has 4 aromatic rings. The van der Waals surface area contributed by atoms with Crippen LogP contribution in [-0.4, -0.2) is 10.9 Å². The first-order chi connectivity index (χ1) is 12.6. The molecule has 1 amide bonds. The van der Waals surface area contributed by atoms with Gasteiger partial charge in [-0.1, -0.05) is 42.0 Å². The fourth-order valence-corrected chi connectivity index (χ4v) is 3.75. The number of aryl methyl sites for hydroxylation is 2. The van der Waals surface area contributed by atoms with Crippen molar-refractivity contribution in [1.82, 2.24) is 4.98 Å². The molecule has 1 N–H and O–H groups in total. The van der Waals surface area contributed by atoms with Gasteiger partial charge >= 0.3 is 0 Å². The zero-order valence-corrected chi connectivity index (χ0v) is 15.4. The van der Waals surface area contributed by atoms with E-state index in [1.54, 1.807) is 11.3 Å². The number of anilines is 1. The molecule has 0 aliphatic carbocycles. The fourth-order valence-electron chi connectivity index (χ4n) is 2.78.